The number of unbranched alkanes of at least 4 members (excludes halogenated alkanes) is 1. The van der Waals surface area contributed by atoms with E-state index in [1.807, 2.05) is 4.90 Å². The van der Waals surface area contributed by atoms with Crippen LogP contribution < -0.4 is 0 Å². The number of rotatable bonds is 4. The molecule has 0 aromatic rings. The van der Waals surface area contributed by atoms with Gasteiger partial charge in [0.25, 0.3) is 0 Å². The Morgan fingerprint density at radius 3 is 3.09 bits per heavy atom. The number of hydrogen-bond acceptors (Lipinski definition) is 3. The molecule has 0 bridgehead atoms. The number of hydrogen-bond donors (Lipinski definition) is 1. The van der Waals surface area contributed by atoms with E-state index < -0.39 is 0 Å². The van der Waals surface area contributed by atoms with Gasteiger partial charge in [0.15, 0.2) is 0 Å². The number of nitrogens with zero attached hydrogens (tertiary/aromatic N) is 1. The van der Waals surface area contributed by atoms with Gasteiger partial charge in [-0.1, -0.05) is 13.3 Å². The highest BCUT2D eigenvalue weighted by Crippen LogP contribution is 2.14. The Balaban J connectivity index is 2.20. The molecule has 1 rings (SSSR count). The van der Waals surface area contributed by atoms with Crippen molar-refractivity contribution in [2.75, 3.05) is 19.9 Å². The summed E-state index contributed by atoms with van der Waals surface area (Å²) in [6.07, 6.45) is 3.61. The van der Waals surface area contributed by atoms with Crippen LogP contribution in [0.15, 0.2) is 0 Å². The summed E-state index contributed by atoms with van der Waals surface area (Å²) in [7, 11) is 0. The van der Waals surface area contributed by atoms with Crippen LogP contribution in [0, 0.1) is 0 Å². The van der Waals surface area contributed by atoms with Crippen LogP contribution in [0.5, 0.6) is 0 Å². The Bertz CT molecular complexity index is 108. The van der Waals surface area contributed by atoms with E-state index in [0.717, 1.165) is 19.6 Å². The van der Waals surface area contributed by atoms with Gasteiger partial charge in [-0.25, -0.2) is 0 Å². The van der Waals surface area contributed by atoms with Crippen molar-refractivity contribution in [1.29, 1.82) is 0 Å². The lowest BCUT2D eigenvalue weighted by Gasteiger charge is -2.19. The van der Waals surface area contributed by atoms with Gasteiger partial charge in [0.1, 0.15) is 6.23 Å². The van der Waals surface area contributed by atoms with Gasteiger partial charge in [0.05, 0.1) is 13.3 Å². The van der Waals surface area contributed by atoms with Crippen molar-refractivity contribution < 1.29 is 9.84 Å². The average molecular weight is 159 g/mol. The summed E-state index contributed by atoms with van der Waals surface area (Å²) in [5, 5.41) is 8.88. The first-order valence-corrected chi connectivity index (χ1v) is 4.35. The minimum atomic E-state index is 0.133. The van der Waals surface area contributed by atoms with Gasteiger partial charge in [-0.05, 0) is 12.8 Å². The van der Waals surface area contributed by atoms with E-state index in [1.165, 1.54) is 12.8 Å². The van der Waals surface area contributed by atoms with E-state index in [0.29, 0.717) is 0 Å². The maximum absolute atomic E-state index is 8.88. The Kier molecular flexibility index (Phi) is 3.83. The highest BCUT2D eigenvalue weighted by molar-refractivity contribution is 4.66. The third-order valence-electron chi connectivity index (χ3n) is 2.08. The first-order valence-electron chi connectivity index (χ1n) is 4.35. The van der Waals surface area contributed by atoms with Crippen LogP contribution in [-0.2, 0) is 4.74 Å². The molecule has 0 aromatic carbocycles. The molecule has 0 saturated carbocycles. The molecule has 3 nitrogen and oxygen atoms in total. The molecule has 1 heterocycles. The molecule has 0 aliphatic carbocycles. The molecule has 0 amide bonds. The van der Waals surface area contributed by atoms with Crippen molar-refractivity contribution in [2.24, 2.45) is 0 Å². The molecule has 0 radical (unpaired) electrons. The quantitative estimate of drug-likeness (QED) is 0.658. The summed E-state index contributed by atoms with van der Waals surface area (Å²) < 4.78 is 5.42. The molecule has 1 unspecified atom stereocenters. The second kappa shape index (κ2) is 4.70. The first-order chi connectivity index (χ1) is 5.38. The molecule has 3 heteroatoms. The zero-order chi connectivity index (χ0) is 8.10. The summed E-state index contributed by atoms with van der Waals surface area (Å²) in [6, 6.07) is 0. The van der Waals surface area contributed by atoms with Gasteiger partial charge in [0, 0.05) is 6.54 Å². The van der Waals surface area contributed by atoms with Crippen LogP contribution in [0.3, 0.4) is 0 Å². The molecule has 0 spiro atoms. The smallest absolute Gasteiger partial charge is 0.112 e. The predicted octanol–water partition coefficient (Wildman–Crippen LogP) is 0.785. The number of ether oxygens (including phenoxy) is 1. The lowest BCUT2D eigenvalue weighted by atomic mass is 10.2. The largest absolute Gasteiger partial charge is 0.381 e. The zero-order valence-electron chi connectivity index (χ0n) is 7.12. The second-order valence-corrected chi connectivity index (χ2v) is 2.92. The lowest BCUT2D eigenvalue weighted by Crippen LogP contribution is -2.30. The van der Waals surface area contributed by atoms with E-state index in [2.05, 4.69) is 6.92 Å². The highest BCUT2D eigenvalue weighted by atomic mass is 16.5. The summed E-state index contributed by atoms with van der Waals surface area (Å²) >= 11 is 0. The number of aliphatic hydroxyl groups excluding tert-OH is 1. The van der Waals surface area contributed by atoms with Crippen molar-refractivity contribution in [3.05, 3.63) is 0 Å². The molecule has 0 aromatic heterocycles. The van der Waals surface area contributed by atoms with Gasteiger partial charge in [-0.15, -0.1) is 0 Å². The van der Waals surface area contributed by atoms with Crippen molar-refractivity contribution in [2.45, 2.75) is 32.4 Å². The summed E-state index contributed by atoms with van der Waals surface area (Å²) in [4.78, 5) is 1.97. The van der Waals surface area contributed by atoms with E-state index in [1.54, 1.807) is 0 Å². The Labute approximate surface area is 68.0 Å². The standard InChI is InChI=1S/C8H17NO2/c1-2-3-4-8-9(7-10)5-6-11-8/h8,10H,2-7H2,1H3. The lowest BCUT2D eigenvalue weighted by molar-refractivity contribution is -0.0136. The third-order valence-corrected chi connectivity index (χ3v) is 2.08. The fourth-order valence-electron chi connectivity index (χ4n) is 1.36. The van der Waals surface area contributed by atoms with Crippen LogP contribution in [0.2, 0.25) is 0 Å². The zero-order valence-corrected chi connectivity index (χ0v) is 7.12. The van der Waals surface area contributed by atoms with Crippen molar-refractivity contribution in [3.63, 3.8) is 0 Å². The van der Waals surface area contributed by atoms with E-state index in [9.17, 15) is 0 Å². The molecule has 1 fully saturated rings. The van der Waals surface area contributed by atoms with Crippen LogP contribution in [0.25, 0.3) is 0 Å². The molecular weight excluding hydrogens is 142 g/mol. The topological polar surface area (TPSA) is 32.7 Å². The van der Waals surface area contributed by atoms with Crippen LogP contribution in [0.1, 0.15) is 26.2 Å². The maximum Gasteiger partial charge on any atom is 0.112 e. The van der Waals surface area contributed by atoms with Crippen molar-refractivity contribution >= 4 is 0 Å². The van der Waals surface area contributed by atoms with Crippen LogP contribution >= 0.6 is 0 Å². The fraction of sp³-hybridized carbons (Fsp3) is 1.00. The molecule has 1 aliphatic heterocycles. The second-order valence-electron chi connectivity index (χ2n) is 2.92. The van der Waals surface area contributed by atoms with Crippen molar-refractivity contribution in [1.82, 2.24) is 4.90 Å². The summed E-state index contributed by atoms with van der Waals surface area (Å²) in [5.74, 6) is 0. The van der Waals surface area contributed by atoms with E-state index >= 15 is 0 Å². The van der Waals surface area contributed by atoms with Crippen LogP contribution in [-0.4, -0.2) is 36.1 Å². The monoisotopic (exact) mass is 159 g/mol. The first kappa shape index (κ1) is 8.97. The number of aliphatic hydroxyl groups is 1. The molecule has 1 saturated heterocycles. The molecule has 1 N–H and O–H groups in total. The van der Waals surface area contributed by atoms with Gasteiger partial charge >= 0.3 is 0 Å². The Morgan fingerprint density at radius 2 is 2.45 bits per heavy atom. The van der Waals surface area contributed by atoms with Crippen molar-refractivity contribution in [3.8, 4) is 0 Å². The molecule has 66 valence electrons. The average Bonchev–Trinajstić information content (AvgIpc) is 2.47. The maximum atomic E-state index is 8.88. The fourth-order valence-corrected chi connectivity index (χ4v) is 1.36. The Morgan fingerprint density at radius 1 is 1.64 bits per heavy atom. The normalized spacial score (nSPS) is 26.2. The van der Waals surface area contributed by atoms with E-state index in [-0.39, 0.29) is 13.0 Å². The summed E-state index contributed by atoms with van der Waals surface area (Å²) in [5.41, 5.74) is 0. The molecule has 1 atom stereocenters. The molecule has 11 heavy (non-hydrogen) atoms. The molecular formula is C8H17NO2. The van der Waals surface area contributed by atoms with Gasteiger partial charge in [0.2, 0.25) is 0 Å². The predicted molar refractivity (Wildman–Crippen MR) is 43.1 cm³/mol. The minimum Gasteiger partial charge on any atom is -0.381 e. The SMILES string of the molecule is CCCCC1OCCN1CO. The minimum absolute atomic E-state index is 0.133. The Hall–Kier alpha value is -0.120. The van der Waals surface area contributed by atoms with Gasteiger partial charge < -0.3 is 9.84 Å². The van der Waals surface area contributed by atoms with Gasteiger partial charge in [-0.3, -0.25) is 4.90 Å². The van der Waals surface area contributed by atoms with E-state index in [4.69, 9.17) is 9.84 Å². The molecule has 1 aliphatic rings. The summed E-state index contributed by atoms with van der Waals surface area (Å²) in [6.45, 7) is 3.95. The van der Waals surface area contributed by atoms with Crippen LogP contribution in [0.4, 0.5) is 0 Å². The third kappa shape index (κ3) is 2.43. The highest BCUT2D eigenvalue weighted by Gasteiger charge is 2.23. The van der Waals surface area contributed by atoms with Gasteiger partial charge in [-0.2, -0.15) is 0 Å².